The molecule has 1 aromatic rings. The number of benzene rings is 1. The molecule has 26 heavy (non-hydrogen) atoms. The number of carbonyl (C=O) groups excluding carboxylic acids is 2. The molecule has 1 fully saturated rings. The Hall–Kier alpha value is -1.99. The molecule has 0 radical (unpaired) electrons. The number of halogens is 1. The standard InChI is InChI=1S/C18H25N3O4.ClH/c1-12(19)10-17(22)20-13-6-8-21(9-7-13)18(23)16-11-24-14-4-2-3-5-15(14)25-16;/h2-5,12-13,16H,6-11,19H2,1H3,(H,20,22);1H. The van der Waals surface area contributed by atoms with Crippen LogP contribution >= 0.6 is 12.4 Å². The summed E-state index contributed by atoms with van der Waals surface area (Å²) in [5, 5.41) is 2.99. The van der Waals surface area contributed by atoms with Gasteiger partial charge in [0.15, 0.2) is 11.5 Å². The van der Waals surface area contributed by atoms with Crippen molar-refractivity contribution >= 4 is 24.2 Å². The summed E-state index contributed by atoms with van der Waals surface area (Å²) in [6.07, 6.45) is 1.19. The van der Waals surface area contributed by atoms with E-state index in [1.807, 2.05) is 25.1 Å². The minimum atomic E-state index is -0.612. The number of nitrogens with one attached hydrogen (secondary N) is 1. The smallest absolute Gasteiger partial charge is 0.267 e. The van der Waals surface area contributed by atoms with E-state index in [0.29, 0.717) is 31.0 Å². The fourth-order valence-corrected chi connectivity index (χ4v) is 3.17. The van der Waals surface area contributed by atoms with Gasteiger partial charge in [-0.05, 0) is 31.9 Å². The highest BCUT2D eigenvalue weighted by molar-refractivity contribution is 5.85. The first-order valence-electron chi connectivity index (χ1n) is 8.75. The summed E-state index contributed by atoms with van der Waals surface area (Å²) in [6, 6.07) is 7.30. The van der Waals surface area contributed by atoms with Gasteiger partial charge in [-0.2, -0.15) is 0 Å². The number of likely N-dealkylation sites (tertiary alicyclic amines) is 1. The lowest BCUT2D eigenvalue weighted by atomic mass is 10.0. The fraction of sp³-hybridized carbons (Fsp3) is 0.556. The minimum Gasteiger partial charge on any atom is -0.485 e. The van der Waals surface area contributed by atoms with Crippen LogP contribution < -0.4 is 20.5 Å². The van der Waals surface area contributed by atoms with E-state index in [4.69, 9.17) is 15.2 Å². The van der Waals surface area contributed by atoms with E-state index < -0.39 is 6.10 Å². The monoisotopic (exact) mass is 383 g/mol. The van der Waals surface area contributed by atoms with Gasteiger partial charge in [-0.3, -0.25) is 9.59 Å². The highest BCUT2D eigenvalue weighted by Crippen LogP contribution is 2.31. The summed E-state index contributed by atoms with van der Waals surface area (Å²) in [5.41, 5.74) is 5.64. The lowest BCUT2D eigenvalue weighted by molar-refractivity contribution is -0.142. The Labute approximate surface area is 159 Å². The largest absolute Gasteiger partial charge is 0.485 e. The average molecular weight is 384 g/mol. The maximum absolute atomic E-state index is 12.7. The molecule has 2 aliphatic rings. The van der Waals surface area contributed by atoms with Crippen LogP contribution in [0.4, 0.5) is 0 Å². The molecular formula is C18H26ClN3O4. The first-order valence-corrected chi connectivity index (χ1v) is 8.75. The Morgan fingerprint density at radius 1 is 1.27 bits per heavy atom. The SMILES string of the molecule is CC(N)CC(=O)NC1CCN(C(=O)C2COc3ccccc3O2)CC1.Cl. The molecule has 1 saturated heterocycles. The zero-order chi connectivity index (χ0) is 17.8. The van der Waals surface area contributed by atoms with Gasteiger partial charge in [0.1, 0.15) is 6.61 Å². The van der Waals surface area contributed by atoms with Crippen LogP contribution in [0.2, 0.25) is 0 Å². The molecule has 7 nitrogen and oxygen atoms in total. The molecule has 0 bridgehead atoms. The average Bonchev–Trinajstić information content (AvgIpc) is 2.60. The second-order valence-corrected chi connectivity index (χ2v) is 6.71. The number of hydrogen-bond donors (Lipinski definition) is 2. The molecule has 0 spiro atoms. The zero-order valence-corrected chi connectivity index (χ0v) is 15.7. The maximum atomic E-state index is 12.7. The number of para-hydroxylation sites is 2. The van der Waals surface area contributed by atoms with E-state index in [9.17, 15) is 9.59 Å². The summed E-state index contributed by atoms with van der Waals surface area (Å²) < 4.78 is 11.4. The molecule has 1 aromatic carbocycles. The molecule has 2 heterocycles. The molecule has 2 amide bonds. The van der Waals surface area contributed by atoms with Crippen LogP contribution in [0.5, 0.6) is 11.5 Å². The number of ether oxygens (including phenoxy) is 2. The van der Waals surface area contributed by atoms with Crippen LogP contribution in [0.15, 0.2) is 24.3 Å². The van der Waals surface area contributed by atoms with Crippen LogP contribution in [-0.4, -0.2) is 54.6 Å². The first kappa shape index (κ1) is 20.3. The summed E-state index contributed by atoms with van der Waals surface area (Å²) in [7, 11) is 0. The molecule has 8 heteroatoms. The topological polar surface area (TPSA) is 93.9 Å². The second kappa shape index (κ2) is 9.09. The van der Waals surface area contributed by atoms with Gasteiger partial charge in [0.2, 0.25) is 12.0 Å². The Morgan fingerprint density at radius 2 is 1.92 bits per heavy atom. The maximum Gasteiger partial charge on any atom is 0.267 e. The Kier molecular flexibility index (Phi) is 7.11. The van der Waals surface area contributed by atoms with Crippen LogP contribution in [0, 0.1) is 0 Å². The van der Waals surface area contributed by atoms with Gasteiger partial charge in [0.25, 0.3) is 5.91 Å². The molecule has 144 valence electrons. The summed E-state index contributed by atoms with van der Waals surface area (Å²) in [4.78, 5) is 26.2. The van der Waals surface area contributed by atoms with Gasteiger partial charge in [-0.15, -0.1) is 12.4 Å². The van der Waals surface area contributed by atoms with E-state index in [2.05, 4.69) is 5.32 Å². The normalized spacial score (nSPS) is 20.7. The van der Waals surface area contributed by atoms with Crippen LogP contribution in [0.3, 0.4) is 0 Å². The van der Waals surface area contributed by atoms with E-state index in [1.165, 1.54) is 0 Å². The van der Waals surface area contributed by atoms with Crippen molar-refractivity contribution in [3.63, 3.8) is 0 Å². The van der Waals surface area contributed by atoms with E-state index in [-0.39, 0.29) is 42.9 Å². The van der Waals surface area contributed by atoms with Crippen LogP contribution in [-0.2, 0) is 9.59 Å². The van der Waals surface area contributed by atoms with Crippen molar-refractivity contribution in [3.8, 4) is 11.5 Å². The first-order chi connectivity index (χ1) is 12.0. The Bertz CT molecular complexity index is 633. The van der Waals surface area contributed by atoms with E-state index >= 15 is 0 Å². The molecule has 2 aliphatic heterocycles. The summed E-state index contributed by atoms with van der Waals surface area (Å²) >= 11 is 0. The van der Waals surface area contributed by atoms with Gasteiger partial charge in [-0.1, -0.05) is 12.1 Å². The summed E-state index contributed by atoms with van der Waals surface area (Å²) in [5.74, 6) is 1.18. The second-order valence-electron chi connectivity index (χ2n) is 6.71. The number of fused-ring (bicyclic) bond motifs is 1. The highest BCUT2D eigenvalue weighted by Gasteiger charge is 2.33. The number of hydrogen-bond acceptors (Lipinski definition) is 5. The Balaban J connectivity index is 0.00000243. The predicted molar refractivity (Wildman–Crippen MR) is 99.6 cm³/mol. The lowest BCUT2D eigenvalue weighted by Crippen LogP contribution is -2.52. The quantitative estimate of drug-likeness (QED) is 0.811. The molecular weight excluding hydrogens is 358 g/mol. The van der Waals surface area contributed by atoms with Gasteiger partial charge in [0, 0.05) is 31.6 Å². The number of carbonyl (C=O) groups is 2. The third kappa shape index (κ3) is 5.02. The van der Waals surface area contributed by atoms with Crippen molar-refractivity contribution in [1.29, 1.82) is 0 Å². The highest BCUT2D eigenvalue weighted by atomic mass is 35.5. The summed E-state index contributed by atoms with van der Waals surface area (Å²) in [6.45, 7) is 3.24. The van der Waals surface area contributed by atoms with Crippen molar-refractivity contribution in [3.05, 3.63) is 24.3 Å². The molecule has 3 N–H and O–H groups in total. The Morgan fingerprint density at radius 3 is 2.58 bits per heavy atom. The molecule has 0 saturated carbocycles. The predicted octanol–water partition coefficient (Wildman–Crippen LogP) is 1.09. The van der Waals surface area contributed by atoms with Gasteiger partial charge >= 0.3 is 0 Å². The fourth-order valence-electron chi connectivity index (χ4n) is 3.17. The van der Waals surface area contributed by atoms with Crippen molar-refractivity contribution in [2.45, 2.75) is 44.4 Å². The van der Waals surface area contributed by atoms with Crippen molar-refractivity contribution < 1.29 is 19.1 Å². The van der Waals surface area contributed by atoms with Crippen molar-refractivity contribution in [1.82, 2.24) is 10.2 Å². The van der Waals surface area contributed by atoms with Gasteiger partial charge in [-0.25, -0.2) is 0 Å². The number of nitrogens with zero attached hydrogens (tertiary/aromatic N) is 1. The molecule has 0 aliphatic carbocycles. The van der Waals surface area contributed by atoms with Crippen molar-refractivity contribution in [2.75, 3.05) is 19.7 Å². The molecule has 0 aromatic heterocycles. The van der Waals surface area contributed by atoms with E-state index in [1.54, 1.807) is 11.0 Å². The third-order valence-corrected chi connectivity index (χ3v) is 4.46. The molecule has 3 rings (SSSR count). The number of piperidine rings is 1. The van der Waals surface area contributed by atoms with Crippen molar-refractivity contribution in [2.24, 2.45) is 5.73 Å². The number of amides is 2. The van der Waals surface area contributed by atoms with Gasteiger partial charge in [0.05, 0.1) is 0 Å². The minimum absolute atomic E-state index is 0. The van der Waals surface area contributed by atoms with Gasteiger partial charge < -0.3 is 25.4 Å². The molecule has 2 atom stereocenters. The lowest BCUT2D eigenvalue weighted by Gasteiger charge is -2.35. The third-order valence-electron chi connectivity index (χ3n) is 4.46. The van der Waals surface area contributed by atoms with Crippen LogP contribution in [0.1, 0.15) is 26.2 Å². The number of rotatable bonds is 4. The van der Waals surface area contributed by atoms with E-state index in [0.717, 1.165) is 12.8 Å². The molecule has 2 unspecified atom stereocenters. The van der Waals surface area contributed by atoms with Crippen LogP contribution in [0.25, 0.3) is 0 Å². The zero-order valence-electron chi connectivity index (χ0n) is 14.8. The number of nitrogens with two attached hydrogens (primary N) is 1.